The van der Waals surface area contributed by atoms with Crippen LogP contribution in [0, 0.1) is 5.82 Å². The third-order valence-corrected chi connectivity index (χ3v) is 9.07. The fourth-order valence-electron chi connectivity index (χ4n) is 5.62. The van der Waals surface area contributed by atoms with E-state index in [1.54, 1.807) is 24.3 Å². The molecular weight excluding hydrogens is 517 g/mol. The first-order valence-corrected chi connectivity index (χ1v) is 15.1. The molecule has 5 rings (SSSR count). The molecule has 2 aliphatic rings. The number of benzene rings is 2. The van der Waals surface area contributed by atoms with Crippen molar-refractivity contribution < 1.29 is 22.7 Å². The van der Waals surface area contributed by atoms with Gasteiger partial charge in [0.25, 0.3) is 0 Å². The zero-order valence-corrected chi connectivity index (χ0v) is 23.4. The molecule has 0 bridgehead atoms. The third kappa shape index (κ3) is 5.93. The van der Waals surface area contributed by atoms with Gasteiger partial charge in [0.2, 0.25) is 10.0 Å². The molecule has 3 aromatic rings. The summed E-state index contributed by atoms with van der Waals surface area (Å²) in [6.07, 6.45) is 2.35. The summed E-state index contributed by atoms with van der Waals surface area (Å²) in [6.45, 7) is 7.75. The highest BCUT2D eigenvalue weighted by atomic mass is 32.2. The summed E-state index contributed by atoms with van der Waals surface area (Å²) in [5, 5.41) is 10.4. The van der Waals surface area contributed by atoms with Gasteiger partial charge < -0.3 is 9.84 Å². The summed E-state index contributed by atoms with van der Waals surface area (Å²) in [5.41, 5.74) is 6.75. The SMILES string of the molecule is CC(C)c1nc2c(c(-c3ccc(F)cc3)c1CO)CCCc1ccc(S(=O)(=O)NCCN3CCOCC3)cc1-2. The molecule has 2 aromatic carbocycles. The summed E-state index contributed by atoms with van der Waals surface area (Å²) in [5.74, 6) is -0.299. The Morgan fingerprint density at radius 1 is 1.10 bits per heavy atom. The van der Waals surface area contributed by atoms with Crippen LogP contribution >= 0.6 is 0 Å². The molecule has 0 atom stereocenters. The Bertz CT molecular complexity index is 1440. The quantitative estimate of drug-likeness (QED) is 0.433. The van der Waals surface area contributed by atoms with E-state index in [0.29, 0.717) is 26.3 Å². The summed E-state index contributed by atoms with van der Waals surface area (Å²) in [4.78, 5) is 7.46. The molecule has 9 heteroatoms. The van der Waals surface area contributed by atoms with Crippen LogP contribution in [0.5, 0.6) is 0 Å². The van der Waals surface area contributed by atoms with Gasteiger partial charge in [0.05, 0.1) is 30.4 Å². The molecule has 0 spiro atoms. The van der Waals surface area contributed by atoms with Crippen molar-refractivity contribution in [2.45, 2.75) is 50.5 Å². The maximum Gasteiger partial charge on any atom is 0.240 e. The summed E-state index contributed by atoms with van der Waals surface area (Å²) in [6, 6.07) is 11.6. The molecular formula is C30H36FN3O4S. The minimum atomic E-state index is -3.73. The van der Waals surface area contributed by atoms with Crippen LogP contribution in [0.25, 0.3) is 22.4 Å². The van der Waals surface area contributed by atoms with Crippen molar-refractivity contribution >= 4 is 10.0 Å². The van der Waals surface area contributed by atoms with Crippen LogP contribution < -0.4 is 4.72 Å². The van der Waals surface area contributed by atoms with Gasteiger partial charge in [0, 0.05) is 43.0 Å². The van der Waals surface area contributed by atoms with E-state index in [1.807, 2.05) is 19.9 Å². The molecule has 7 nitrogen and oxygen atoms in total. The van der Waals surface area contributed by atoms with Crippen molar-refractivity contribution in [1.82, 2.24) is 14.6 Å². The number of ether oxygens (including phenoxy) is 1. The van der Waals surface area contributed by atoms with Crippen molar-refractivity contribution in [3.05, 3.63) is 70.7 Å². The van der Waals surface area contributed by atoms with Crippen LogP contribution in [0.4, 0.5) is 4.39 Å². The Morgan fingerprint density at radius 2 is 1.85 bits per heavy atom. The average molecular weight is 554 g/mol. The molecule has 0 unspecified atom stereocenters. The maximum atomic E-state index is 13.8. The second kappa shape index (κ2) is 11.8. The molecule has 208 valence electrons. The number of hydrogen-bond donors (Lipinski definition) is 2. The maximum absolute atomic E-state index is 13.8. The van der Waals surface area contributed by atoms with E-state index >= 15 is 0 Å². The van der Waals surface area contributed by atoms with E-state index in [4.69, 9.17) is 9.72 Å². The predicted octanol–water partition coefficient (Wildman–Crippen LogP) is 4.27. The summed E-state index contributed by atoms with van der Waals surface area (Å²) >= 11 is 0. The standard InChI is InChI=1S/C30H36FN3O4S/c1-20(2)29-27(19-35)28(22-6-9-23(31)10-7-22)25-5-3-4-21-8-11-24(18-26(21)30(25)33-29)39(36,37)32-12-13-34-14-16-38-17-15-34/h6-11,18,20,32,35H,3-5,12-17,19H2,1-2H3. The van der Waals surface area contributed by atoms with Crippen molar-refractivity contribution in [2.24, 2.45) is 0 Å². The Hall–Kier alpha value is -2.69. The average Bonchev–Trinajstić information content (AvgIpc) is 3.11. The smallest absolute Gasteiger partial charge is 0.240 e. The van der Waals surface area contributed by atoms with Crippen LogP contribution in [0.1, 0.15) is 48.6 Å². The van der Waals surface area contributed by atoms with E-state index in [1.165, 1.54) is 12.1 Å². The van der Waals surface area contributed by atoms with Crippen molar-refractivity contribution in [1.29, 1.82) is 0 Å². The molecule has 39 heavy (non-hydrogen) atoms. The number of hydrogen-bond acceptors (Lipinski definition) is 6. The topological polar surface area (TPSA) is 91.8 Å². The monoisotopic (exact) mass is 553 g/mol. The number of aryl methyl sites for hydroxylation is 1. The first-order chi connectivity index (χ1) is 18.8. The minimum Gasteiger partial charge on any atom is -0.392 e. The molecule has 2 heterocycles. The Morgan fingerprint density at radius 3 is 2.54 bits per heavy atom. The van der Waals surface area contributed by atoms with Crippen LogP contribution in [-0.4, -0.2) is 62.8 Å². The largest absolute Gasteiger partial charge is 0.392 e. The van der Waals surface area contributed by atoms with Gasteiger partial charge in [0.1, 0.15) is 5.82 Å². The zero-order valence-electron chi connectivity index (χ0n) is 22.5. The lowest BCUT2D eigenvalue weighted by Crippen LogP contribution is -2.41. The van der Waals surface area contributed by atoms with Gasteiger partial charge >= 0.3 is 0 Å². The van der Waals surface area contributed by atoms with Crippen LogP contribution in [0.2, 0.25) is 0 Å². The Balaban J connectivity index is 1.58. The second-order valence-corrected chi connectivity index (χ2v) is 12.3. The number of nitrogens with zero attached hydrogens (tertiary/aromatic N) is 2. The van der Waals surface area contributed by atoms with Crippen LogP contribution in [0.3, 0.4) is 0 Å². The number of halogens is 1. The van der Waals surface area contributed by atoms with Crippen molar-refractivity contribution in [3.8, 4) is 22.4 Å². The highest BCUT2D eigenvalue weighted by Gasteiger charge is 2.27. The van der Waals surface area contributed by atoms with Gasteiger partial charge in [-0.1, -0.05) is 32.0 Å². The minimum absolute atomic E-state index is 0.0251. The van der Waals surface area contributed by atoms with Crippen LogP contribution in [-0.2, 0) is 34.2 Å². The molecule has 1 fully saturated rings. The fraction of sp³-hybridized carbons (Fsp3) is 0.433. The summed E-state index contributed by atoms with van der Waals surface area (Å²) in [7, 11) is -3.73. The molecule has 0 amide bonds. The van der Waals surface area contributed by atoms with E-state index in [2.05, 4.69) is 9.62 Å². The number of aliphatic hydroxyl groups is 1. The number of aliphatic hydroxyl groups excluding tert-OH is 1. The lowest BCUT2D eigenvalue weighted by Gasteiger charge is -2.26. The lowest BCUT2D eigenvalue weighted by atomic mass is 9.87. The number of nitrogens with one attached hydrogen (secondary N) is 1. The number of sulfonamides is 1. The van der Waals surface area contributed by atoms with Crippen LogP contribution in [0.15, 0.2) is 47.4 Å². The van der Waals surface area contributed by atoms with Crippen molar-refractivity contribution in [2.75, 3.05) is 39.4 Å². The van der Waals surface area contributed by atoms with E-state index in [-0.39, 0.29) is 23.2 Å². The molecule has 0 radical (unpaired) electrons. The lowest BCUT2D eigenvalue weighted by molar-refractivity contribution is 0.0390. The zero-order chi connectivity index (χ0) is 27.6. The molecule has 0 saturated carbocycles. The number of rotatable bonds is 8. The van der Waals surface area contributed by atoms with Gasteiger partial charge in [-0.15, -0.1) is 0 Å². The molecule has 2 N–H and O–H groups in total. The number of aromatic nitrogens is 1. The fourth-order valence-corrected chi connectivity index (χ4v) is 6.66. The summed E-state index contributed by atoms with van der Waals surface area (Å²) < 4.78 is 48.6. The molecule has 1 aliphatic carbocycles. The van der Waals surface area contributed by atoms with Crippen molar-refractivity contribution in [3.63, 3.8) is 0 Å². The van der Waals surface area contributed by atoms with E-state index < -0.39 is 10.0 Å². The normalized spacial score (nSPS) is 16.1. The van der Waals surface area contributed by atoms with Gasteiger partial charge in [-0.25, -0.2) is 17.5 Å². The van der Waals surface area contributed by atoms with Gasteiger partial charge in [0.15, 0.2) is 0 Å². The third-order valence-electron chi connectivity index (χ3n) is 7.61. The number of morpholine rings is 1. The van der Waals surface area contributed by atoms with Gasteiger partial charge in [-0.2, -0.15) is 0 Å². The number of pyridine rings is 1. The van der Waals surface area contributed by atoms with Gasteiger partial charge in [-0.3, -0.25) is 9.88 Å². The van der Waals surface area contributed by atoms with E-state index in [9.17, 15) is 17.9 Å². The first kappa shape index (κ1) is 27.9. The molecule has 1 aliphatic heterocycles. The van der Waals surface area contributed by atoms with Gasteiger partial charge in [-0.05, 0) is 71.7 Å². The first-order valence-electron chi connectivity index (χ1n) is 13.6. The molecule has 1 saturated heterocycles. The Labute approximate surface area is 230 Å². The molecule has 1 aromatic heterocycles. The number of fused-ring (bicyclic) bond motifs is 3. The highest BCUT2D eigenvalue weighted by molar-refractivity contribution is 7.89. The highest BCUT2D eigenvalue weighted by Crippen LogP contribution is 2.42. The predicted molar refractivity (Wildman–Crippen MR) is 150 cm³/mol. The Kier molecular flexibility index (Phi) is 8.44. The second-order valence-electron chi connectivity index (χ2n) is 10.5. The van der Waals surface area contributed by atoms with E-state index in [0.717, 1.165) is 77.1 Å².